The molecule has 3 nitrogen and oxygen atoms in total. The lowest BCUT2D eigenvalue weighted by atomic mass is 10.2. The van der Waals surface area contributed by atoms with Crippen molar-refractivity contribution in [2.45, 2.75) is 20.4 Å². The van der Waals surface area contributed by atoms with Crippen LogP contribution in [0.15, 0.2) is 40.5 Å². The Bertz CT molecular complexity index is 488. The molecule has 0 aliphatic carbocycles. The van der Waals surface area contributed by atoms with Gasteiger partial charge in [-0.15, -0.1) is 0 Å². The van der Waals surface area contributed by atoms with Gasteiger partial charge in [-0.25, -0.2) is 0 Å². The summed E-state index contributed by atoms with van der Waals surface area (Å²) in [6.07, 6.45) is 0. The molecule has 16 heavy (non-hydrogen) atoms. The zero-order valence-corrected chi connectivity index (χ0v) is 10.3. The van der Waals surface area contributed by atoms with Crippen molar-refractivity contribution in [3.05, 3.63) is 51.6 Å². The lowest BCUT2D eigenvalue weighted by Gasteiger charge is -2.01. The fourth-order valence-electron chi connectivity index (χ4n) is 1.27. The molecule has 86 valence electrons. The van der Waals surface area contributed by atoms with Crippen LogP contribution in [0.3, 0.4) is 0 Å². The third-order valence-corrected chi connectivity index (χ3v) is 2.74. The summed E-state index contributed by atoms with van der Waals surface area (Å²) < 4.78 is 1.69. The second-order valence-corrected chi connectivity index (χ2v) is 3.95. The van der Waals surface area contributed by atoms with Gasteiger partial charge in [-0.3, -0.25) is 8.75 Å². The van der Waals surface area contributed by atoms with Crippen LogP contribution in [0.25, 0.3) is 0 Å². The largest absolute Gasteiger partial charge is 0.399 e. The summed E-state index contributed by atoms with van der Waals surface area (Å²) in [5, 5.41) is 1.79. The molecule has 0 spiro atoms. The van der Waals surface area contributed by atoms with Crippen LogP contribution >= 0.6 is 11.5 Å². The van der Waals surface area contributed by atoms with Crippen LogP contribution in [-0.4, -0.2) is 3.96 Å². The third kappa shape index (κ3) is 3.24. The van der Waals surface area contributed by atoms with Crippen molar-refractivity contribution in [3.63, 3.8) is 0 Å². The van der Waals surface area contributed by atoms with Gasteiger partial charge in [-0.1, -0.05) is 37.5 Å². The van der Waals surface area contributed by atoms with Gasteiger partial charge >= 0.3 is 0 Å². The monoisotopic (exact) mass is 236 g/mol. The van der Waals surface area contributed by atoms with Crippen LogP contribution in [0, 0.1) is 0 Å². The fourth-order valence-corrected chi connectivity index (χ4v) is 1.98. The molecule has 0 aliphatic rings. The molecule has 0 fully saturated rings. The quantitative estimate of drug-likeness (QED) is 0.815. The minimum Gasteiger partial charge on any atom is -0.399 e. The highest BCUT2D eigenvalue weighted by Crippen LogP contribution is 2.08. The summed E-state index contributed by atoms with van der Waals surface area (Å²) in [4.78, 5) is 11.3. The van der Waals surface area contributed by atoms with Gasteiger partial charge < -0.3 is 5.73 Å². The summed E-state index contributed by atoms with van der Waals surface area (Å²) in [6, 6.07) is 9.13. The van der Waals surface area contributed by atoms with Crippen LogP contribution in [-0.2, 0) is 6.54 Å². The minimum absolute atomic E-state index is 0.0393. The molecule has 0 aliphatic heterocycles. The normalized spacial score (nSPS) is 9.38. The van der Waals surface area contributed by atoms with E-state index in [4.69, 9.17) is 5.73 Å². The van der Waals surface area contributed by atoms with Crippen molar-refractivity contribution in [1.82, 2.24) is 3.96 Å². The van der Waals surface area contributed by atoms with Crippen molar-refractivity contribution in [1.29, 1.82) is 0 Å². The fraction of sp³-hybridized carbons (Fsp3) is 0.250. The molecule has 0 bridgehead atoms. The Kier molecular flexibility index (Phi) is 4.79. The Labute approximate surface area is 99.3 Å². The number of aromatic nitrogens is 1. The highest BCUT2D eigenvalue weighted by Gasteiger charge is 1.98. The Morgan fingerprint density at radius 1 is 1.31 bits per heavy atom. The zero-order chi connectivity index (χ0) is 12.0. The van der Waals surface area contributed by atoms with Crippen molar-refractivity contribution >= 4 is 17.2 Å². The second kappa shape index (κ2) is 6.12. The molecule has 1 heterocycles. The van der Waals surface area contributed by atoms with Crippen LogP contribution < -0.4 is 11.3 Å². The first kappa shape index (κ1) is 12.5. The minimum atomic E-state index is 0.0393. The number of nitrogens with two attached hydrogens (primary N) is 1. The van der Waals surface area contributed by atoms with Crippen LogP contribution in [0.4, 0.5) is 5.69 Å². The molecule has 0 radical (unpaired) electrons. The first-order valence-corrected chi connectivity index (χ1v) is 6.08. The molecule has 1 aromatic carbocycles. The molecule has 2 N–H and O–H groups in total. The van der Waals surface area contributed by atoms with Crippen LogP contribution in [0.1, 0.15) is 19.4 Å². The number of hydrogen-bond donors (Lipinski definition) is 1. The van der Waals surface area contributed by atoms with Crippen molar-refractivity contribution in [2.24, 2.45) is 0 Å². The Morgan fingerprint density at radius 2 is 2.06 bits per heavy atom. The van der Waals surface area contributed by atoms with Gasteiger partial charge in [0.2, 0.25) is 0 Å². The van der Waals surface area contributed by atoms with Gasteiger partial charge in [-0.2, -0.15) is 0 Å². The van der Waals surface area contributed by atoms with E-state index in [1.54, 1.807) is 15.4 Å². The molecule has 1 aromatic heterocycles. The van der Waals surface area contributed by atoms with E-state index >= 15 is 0 Å². The molecule has 0 saturated heterocycles. The predicted octanol–water partition coefficient (Wildman–Crippen LogP) is 2.57. The molecule has 2 rings (SSSR count). The van der Waals surface area contributed by atoms with Gasteiger partial charge in [0.25, 0.3) is 5.56 Å². The second-order valence-electron chi connectivity index (χ2n) is 3.03. The molecule has 0 atom stereocenters. The van der Waals surface area contributed by atoms with Crippen LogP contribution in [0.5, 0.6) is 0 Å². The van der Waals surface area contributed by atoms with E-state index in [-0.39, 0.29) is 5.56 Å². The van der Waals surface area contributed by atoms with Gasteiger partial charge in [-0.05, 0) is 17.7 Å². The average molecular weight is 236 g/mol. The number of benzene rings is 1. The molecular weight excluding hydrogens is 220 g/mol. The van der Waals surface area contributed by atoms with Crippen molar-refractivity contribution in [2.75, 3.05) is 5.73 Å². The summed E-state index contributed by atoms with van der Waals surface area (Å²) in [6.45, 7) is 4.60. The average Bonchev–Trinajstić information content (AvgIpc) is 2.68. The highest BCUT2D eigenvalue weighted by atomic mass is 32.1. The van der Waals surface area contributed by atoms with Gasteiger partial charge in [0.15, 0.2) is 0 Å². The summed E-state index contributed by atoms with van der Waals surface area (Å²) in [5.74, 6) is 0. The molecule has 2 aromatic rings. The number of hydrogen-bond acceptors (Lipinski definition) is 3. The predicted molar refractivity (Wildman–Crippen MR) is 69.9 cm³/mol. The Morgan fingerprint density at radius 3 is 2.62 bits per heavy atom. The first-order chi connectivity index (χ1) is 7.75. The Hall–Kier alpha value is -1.55. The molecule has 0 unspecified atom stereocenters. The highest BCUT2D eigenvalue weighted by molar-refractivity contribution is 7.04. The summed E-state index contributed by atoms with van der Waals surface area (Å²) in [7, 11) is 0. The maximum absolute atomic E-state index is 11.3. The van der Waals surface area contributed by atoms with E-state index in [1.807, 2.05) is 38.1 Å². The number of rotatable bonds is 2. The third-order valence-electron chi connectivity index (χ3n) is 1.92. The zero-order valence-electron chi connectivity index (χ0n) is 9.51. The summed E-state index contributed by atoms with van der Waals surface area (Å²) >= 11 is 1.41. The standard InChI is InChI=1S/C10H10N2OS.C2H6/c11-9-3-1-2-8(6-9)7-12-10(13)4-5-14-12;1-2/h1-6H,7,11H2;1-2H3. The summed E-state index contributed by atoms with van der Waals surface area (Å²) in [5.41, 5.74) is 7.46. The van der Waals surface area contributed by atoms with Crippen molar-refractivity contribution in [3.8, 4) is 0 Å². The first-order valence-electron chi connectivity index (χ1n) is 5.25. The number of anilines is 1. The van der Waals surface area contributed by atoms with E-state index in [9.17, 15) is 4.79 Å². The maximum Gasteiger partial charge on any atom is 0.260 e. The lowest BCUT2D eigenvalue weighted by Crippen LogP contribution is -2.12. The van der Waals surface area contributed by atoms with Crippen LogP contribution in [0.2, 0.25) is 0 Å². The molecule has 4 heteroatoms. The number of nitrogen functional groups attached to an aromatic ring is 1. The topological polar surface area (TPSA) is 48.0 Å². The lowest BCUT2D eigenvalue weighted by molar-refractivity contribution is 0.850. The molecule has 0 saturated carbocycles. The maximum atomic E-state index is 11.3. The Balaban J connectivity index is 0.000000606. The molecular formula is C12H16N2OS. The van der Waals surface area contributed by atoms with Gasteiger partial charge in [0.05, 0.1) is 6.54 Å². The van der Waals surface area contributed by atoms with E-state index in [1.165, 1.54) is 11.5 Å². The van der Waals surface area contributed by atoms with Gasteiger partial charge in [0.1, 0.15) is 0 Å². The van der Waals surface area contributed by atoms with Crippen molar-refractivity contribution < 1.29 is 0 Å². The van der Waals surface area contributed by atoms with E-state index in [2.05, 4.69) is 0 Å². The van der Waals surface area contributed by atoms with E-state index in [0.717, 1.165) is 11.3 Å². The van der Waals surface area contributed by atoms with E-state index in [0.29, 0.717) is 6.54 Å². The smallest absolute Gasteiger partial charge is 0.260 e. The van der Waals surface area contributed by atoms with Gasteiger partial charge in [0, 0.05) is 17.1 Å². The van der Waals surface area contributed by atoms with E-state index < -0.39 is 0 Å². The molecule has 0 amide bonds. The number of nitrogens with zero attached hydrogens (tertiary/aromatic N) is 1. The SMILES string of the molecule is CC.Nc1cccc(Cn2sccc2=O)c1.